The van der Waals surface area contributed by atoms with Crippen molar-refractivity contribution in [1.82, 2.24) is 9.88 Å². The van der Waals surface area contributed by atoms with Crippen LogP contribution in [-0.2, 0) is 28.2 Å². The van der Waals surface area contributed by atoms with Crippen molar-refractivity contribution >= 4 is 29.1 Å². The molecular formula is C40H52Cl2N2O9. The van der Waals surface area contributed by atoms with Gasteiger partial charge in [-0.25, -0.2) is 0 Å². The van der Waals surface area contributed by atoms with E-state index in [4.69, 9.17) is 42.9 Å². The highest BCUT2D eigenvalue weighted by Crippen LogP contribution is 2.53. The molecule has 4 unspecified atom stereocenters. The molecule has 2 aromatic carbocycles. The standard InChI is InChI=1S/C40H52Cl2N2O9/c41-32-22-27(25-52-40(15-16-40)31-23-43-17-14-29(31)30-10-3-4-11-35(30)53-28-12-13-28)33(42)21-26(32)9-5-7-19-44(18-6-1-2-8-20-45)39(51)38(50)37(49)36(48)34(47)24-46/h3-4,10-11,14,17,21-23,28,34,36-38,45-50H,1-2,5-9,12-13,15-16,18-20,24-25H2. The Hall–Kier alpha value is -2.84. The van der Waals surface area contributed by atoms with Gasteiger partial charge in [-0.15, -0.1) is 0 Å². The van der Waals surface area contributed by atoms with E-state index in [1.54, 1.807) is 6.20 Å². The number of aromatic nitrogens is 1. The number of pyridine rings is 1. The Labute approximate surface area is 321 Å². The average molecular weight is 776 g/mol. The van der Waals surface area contributed by atoms with E-state index < -0.39 is 42.5 Å². The number of nitrogens with zero attached hydrogens (tertiary/aromatic N) is 2. The average Bonchev–Trinajstić information content (AvgIpc) is 4.12. The van der Waals surface area contributed by atoms with Crippen molar-refractivity contribution in [2.45, 2.75) is 113 Å². The number of amides is 1. The predicted molar refractivity (Wildman–Crippen MR) is 202 cm³/mol. The summed E-state index contributed by atoms with van der Waals surface area (Å²) in [7, 11) is 0. The summed E-state index contributed by atoms with van der Waals surface area (Å²) in [5.74, 6) is 0.0836. The van der Waals surface area contributed by atoms with Gasteiger partial charge in [-0.3, -0.25) is 9.78 Å². The van der Waals surface area contributed by atoms with Gasteiger partial charge in [-0.1, -0.05) is 54.2 Å². The Bertz CT molecular complexity index is 1640. The third kappa shape index (κ3) is 11.1. The fourth-order valence-corrected chi connectivity index (χ4v) is 7.00. The van der Waals surface area contributed by atoms with Crippen molar-refractivity contribution in [3.63, 3.8) is 0 Å². The molecule has 2 saturated carbocycles. The lowest BCUT2D eigenvalue weighted by Gasteiger charge is -2.30. The summed E-state index contributed by atoms with van der Waals surface area (Å²) in [5, 5.41) is 59.8. The highest BCUT2D eigenvalue weighted by Gasteiger charge is 2.48. The summed E-state index contributed by atoms with van der Waals surface area (Å²) in [5.41, 5.74) is 4.21. The van der Waals surface area contributed by atoms with E-state index in [1.165, 1.54) is 4.90 Å². The van der Waals surface area contributed by atoms with E-state index in [-0.39, 0.29) is 25.9 Å². The molecule has 13 heteroatoms. The normalized spacial score (nSPS) is 17.2. The molecule has 0 bridgehead atoms. The number of aliphatic hydroxyl groups is 6. The Morgan fingerprint density at radius 3 is 2.25 bits per heavy atom. The Morgan fingerprint density at radius 1 is 0.868 bits per heavy atom. The second kappa shape index (κ2) is 19.7. The van der Waals surface area contributed by atoms with Crippen molar-refractivity contribution in [2.24, 2.45) is 0 Å². The molecule has 3 aromatic rings. The molecule has 4 atom stereocenters. The first kappa shape index (κ1) is 41.3. The van der Waals surface area contributed by atoms with Gasteiger partial charge >= 0.3 is 0 Å². The summed E-state index contributed by atoms with van der Waals surface area (Å²) >= 11 is 13.5. The van der Waals surface area contributed by atoms with Gasteiger partial charge in [-0.2, -0.15) is 0 Å². The lowest BCUT2D eigenvalue weighted by molar-refractivity contribution is -0.158. The molecule has 11 nitrogen and oxygen atoms in total. The van der Waals surface area contributed by atoms with Gasteiger partial charge in [0, 0.05) is 53.3 Å². The largest absolute Gasteiger partial charge is 0.490 e. The number of halogens is 2. The number of unbranched alkanes of at least 4 members (excludes halogenated alkanes) is 4. The summed E-state index contributed by atoms with van der Waals surface area (Å²) in [4.78, 5) is 19.0. The number of aryl methyl sites for hydroxylation is 1. The highest BCUT2D eigenvalue weighted by atomic mass is 35.5. The molecule has 0 radical (unpaired) electrons. The maximum absolute atomic E-state index is 13.2. The third-order valence-electron chi connectivity index (χ3n) is 10.0. The number of para-hydroxylation sites is 1. The van der Waals surface area contributed by atoms with E-state index in [9.17, 15) is 25.2 Å². The van der Waals surface area contributed by atoms with Crippen LogP contribution >= 0.6 is 23.2 Å². The van der Waals surface area contributed by atoms with Crippen LogP contribution in [0.2, 0.25) is 10.0 Å². The molecule has 0 spiro atoms. The lowest BCUT2D eigenvalue weighted by atomic mass is 9.96. The number of benzene rings is 2. The summed E-state index contributed by atoms with van der Waals surface area (Å²) < 4.78 is 12.8. The maximum atomic E-state index is 13.2. The fourth-order valence-electron chi connectivity index (χ4n) is 6.48. The van der Waals surface area contributed by atoms with E-state index in [0.717, 1.165) is 72.1 Å². The molecule has 2 aliphatic carbocycles. The topological polar surface area (TPSA) is 173 Å². The Balaban J connectivity index is 1.18. The molecule has 290 valence electrons. The van der Waals surface area contributed by atoms with Crippen LogP contribution in [0.3, 0.4) is 0 Å². The number of hydrogen-bond acceptors (Lipinski definition) is 10. The summed E-state index contributed by atoms with van der Waals surface area (Å²) in [6.45, 7) is 0.0806. The van der Waals surface area contributed by atoms with E-state index in [0.29, 0.717) is 48.7 Å². The molecule has 0 saturated heterocycles. The monoisotopic (exact) mass is 774 g/mol. The SMILES string of the molecule is O=C(C(O)C(O)C(O)C(O)CO)N(CCCCCCO)CCCCc1cc(Cl)c(COC2(c3cnccc3-c3ccccc3OC3CC3)CC2)cc1Cl. The van der Waals surface area contributed by atoms with E-state index >= 15 is 0 Å². The van der Waals surface area contributed by atoms with Crippen molar-refractivity contribution in [1.29, 1.82) is 0 Å². The van der Waals surface area contributed by atoms with Crippen molar-refractivity contribution in [3.05, 3.63) is 81.6 Å². The number of hydrogen-bond donors (Lipinski definition) is 6. The number of carbonyl (C=O) groups is 1. The zero-order valence-corrected chi connectivity index (χ0v) is 31.5. The van der Waals surface area contributed by atoms with Crippen molar-refractivity contribution < 1.29 is 44.9 Å². The molecule has 2 aliphatic rings. The minimum Gasteiger partial charge on any atom is -0.490 e. The maximum Gasteiger partial charge on any atom is 0.254 e. The van der Waals surface area contributed by atoms with Crippen LogP contribution in [-0.4, -0.2) is 103 Å². The first-order valence-electron chi connectivity index (χ1n) is 18.6. The van der Waals surface area contributed by atoms with Crippen LogP contribution in [0.15, 0.2) is 54.9 Å². The second-order valence-corrected chi connectivity index (χ2v) is 15.0. The fraction of sp³-hybridized carbons (Fsp3) is 0.550. The first-order chi connectivity index (χ1) is 25.6. The molecule has 0 aliphatic heterocycles. The van der Waals surface area contributed by atoms with Crippen LogP contribution in [0.1, 0.15) is 80.9 Å². The smallest absolute Gasteiger partial charge is 0.254 e. The van der Waals surface area contributed by atoms with Crippen LogP contribution in [0.5, 0.6) is 5.75 Å². The van der Waals surface area contributed by atoms with Crippen LogP contribution in [0.4, 0.5) is 0 Å². The molecule has 2 fully saturated rings. The van der Waals surface area contributed by atoms with Crippen LogP contribution < -0.4 is 4.74 Å². The lowest BCUT2D eigenvalue weighted by Crippen LogP contribution is -2.53. The molecular weight excluding hydrogens is 723 g/mol. The summed E-state index contributed by atoms with van der Waals surface area (Å²) in [6, 6.07) is 13.8. The second-order valence-electron chi connectivity index (χ2n) is 14.1. The number of carbonyl (C=O) groups excluding carboxylic acids is 1. The molecule has 1 amide bonds. The summed E-state index contributed by atoms with van der Waals surface area (Å²) in [6.07, 6.45) is 4.80. The molecule has 5 rings (SSSR count). The van der Waals surface area contributed by atoms with Gasteiger partial charge < -0.3 is 45.0 Å². The Morgan fingerprint density at radius 2 is 1.55 bits per heavy atom. The van der Waals surface area contributed by atoms with Gasteiger partial charge in [0.15, 0.2) is 6.10 Å². The van der Waals surface area contributed by atoms with Crippen molar-refractivity contribution in [2.75, 3.05) is 26.3 Å². The zero-order chi connectivity index (χ0) is 38.0. The van der Waals surface area contributed by atoms with Gasteiger partial charge in [0.25, 0.3) is 5.91 Å². The Kier molecular flexibility index (Phi) is 15.3. The quantitative estimate of drug-likeness (QED) is 0.0725. The third-order valence-corrected chi connectivity index (χ3v) is 10.7. The highest BCUT2D eigenvalue weighted by molar-refractivity contribution is 6.34. The minimum absolute atomic E-state index is 0.0815. The zero-order valence-electron chi connectivity index (χ0n) is 30.0. The van der Waals surface area contributed by atoms with E-state index in [1.807, 2.05) is 42.6 Å². The minimum atomic E-state index is -1.98. The predicted octanol–water partition coefficient (Wildman–Crippen LogP) is 4.94. The number of ether oxygens (including phenoxy) is 2. The van der Waals surface area contributed by atoms with Crippen LogP contribution in [0.25, 0.3) is 11.1 Å². The molecule has 6 N–H and O–H groups in total. The van der Waals surface area contributed by atoms with Gasteiger partial charge in [0.1, 0.15) is 24.1 Å². The van der Waals surface area contributed by atoms with Gasteiger partial charge in [-0.05, 0) is 98.7 Å². The molecule has 1 heterocycles. The van der Waals surface area contributed by atoms with E-state index in [2.05, 4.69) is 11.1 Å². The van der Waals surface area contributed by atoms with Gasteiger partial charge in [0.2, 0.25) is 0 Å². The first-order valence-corrected chi connectivity index (χ1v) is 19.4. The number of aliphatic hydroxyl groups excluding tert-OH is 6. The molecule has 1 aromatic heterocycles. The molecule has 53 heavy (non-hydrogen) atoms. The van der Waals surface area contributed by atoms with Crippen LogP contribution in [0, 0.1) is 0 Å². The van der Waals surface area contributed by atoms with Crippen molar-refractivity contribution in [3.8, 4) is 16.9 Å². The number of rotatable bonds is 23. The van der Waals surface area contributed by atoms with Gasteiger partial charge in [0.05, 0.1) is 24.9 Å².